The number of carbonyl (C=O) groups excluding carboxylic acids is 1. The Labute approximate surface area is 136 Å². The minimum absolute atomic E-state index is 0.173. The van der Waals surface area contributed by atoms with E-state index < -0.39 is 0 Å². The van der Waals surface area contributed by atoms with Gasteiger partial charge in [0, 0.05) is 46.2 Å². The van der Waals surface area contributed by atoms with Crippen LogP contribution in [-0.4, -0.2) is 60.9 Å². The zero-order valence-electron chi connectivity index (χ0n) is 14.9. The third kappa shape index (κ3) is 6.24. The van der Waals surface area contributed by atoms with E-state index in [1.165, 1.54) is 25.7 Å². The molecule has 0 aromatic carbocycles. The molecule has 0 aromatic rings. The van der Waals surface area contributed by atoms with Gasteiger partial charge in [-0.15, -0.1) is 0 Å². The highest BCUT2D eigenvalue weighted by Gasteiger charge is 2.21. The Morgan fingerprint density at radius 1 is 1.14 bits per heavy atom. The van der Waals surface area contributed by atoms with Crippen molar-refractivity contribution in [3.05, 3.63) is 0 Å². The Hall–Kier alpha value is -1.26. The predicted molar refractivity (Wildman–Crippen MR) is 93.1 cm³/mol. The molecule has 1 rings (SSSR count). The first-order valence-corrected chi connectivity index (χ1v) is 8.91. The second kappa shape index (κ2) is 10.5. The molecule has 0 radical (unpaired) electrons. The zero-order chi connectivity index (χ0) is 16.4. The van der Waals surface area contributed by atoms with Crippen molar-refractivity contribution in [3.8, 4) is 0 Å². The minimum atomic E-state index is 0.173. The highest BCUT2D eigenvalue weighted by molar-refractivity contribution is 5.80. The standard InChI is InChI=1S/C17H34N4O/c1-5-8-9-16(6-2)14-19-17(18-7-3)21-12-10-20(11-13-21)15(4)22/h16H,5-14H2,1-4H3,(H,18,19). The molecule has 22 heavy (non-hydrogen) atoms. The van der Waals surface area contributed by atoms with E-state index in [1.807, 2.05) is 4.90 Å². The summed E-state index contributed by atoms with van der Waals surface area (Å²) in [4.78, 5) is 20.5. The van der Waals surface area contributed by atoms with Crippen molar-refractivity contribution in [3.63, 3.8) is 0 Å². The molecular formula is C17H34N4O. The van der Waals surface area contributed by atoms with Crippen LogP contribution in [0.4, 0.5) is 0 Å². The lowest BCUT2D eigenvalue weighted by Gasteiger charge is -2.36. The van der Waals surface area contributed by atoms with Gasteiger partial charge in [-0.05, 0) is 19.3 Å². The predicted octanol–water partition coefficient (Wildman–Crippen LogP) is 2.33. The minimum Gasteiger partial charge on any atom is -0.357 e. The molecule has 0 aromatic heterocycles. The van der Waals surface area contributed by atoms with E-state index in [4.69, 9.17) is 4.99 Å². The molecule has 0 spiro atoms. The number of hydrogen-bond donors (Lipinski definition) is 1. The third-order valence-corrected chi connectivity index (χ3v) is 4.40. The number of unbranched alkanes of at least 4 members (excludes halogenated alkanes) is 1. The van der Waals surface area contributed by atoms with Crippen molar-refractivity contribution in [1.29, 1.82) is 0 Å². The second-order valence-corrected chi connectivity index (χ2v) is 6.10. The van der Waals surface area contributed by atoms with Gasteiger partial charge in [0.05, 0.1) is 0 Å². The summed E-state index contributed by atoms with van der Waals surface area (Å²) >= 11 is 0. The molecule has 1 N–H and O–H groups in total. The van der Waals surface area contributed by atoms with Crippen LogP contribution in [0.25, 0.3) is 0 Å². The van der Waals surface area contributed by atoms with E-state index in [2.05, 4.69) is 31.0 Å². The van der Waals surface area contributed by atoms with Gasteiger partial charge in [-0.2, -0.15) is 0 Å². The Morgan fingerprint density at radius 3 is 2.27 bits per heavy atom. The molecule has 1 fully saturated rings. The number of nitrogens with zero attached hydrogens (tertiary/aromatic N) is 3. The number of nitrogens with one attached hydrogen (secondary N) is 1. The van der Waals surface area contributed by atoms with Gasteiger partial charge < -0.3 is 15.1 Å². The first-order valence-electron chi connectivity index (χ1n) is 8.91. The van der Waals surface area contributed by atoms with Gasteiger partial charge in [0.1, 0.15) is 0 Å². The molecule has 0 aliphatic carbocycles. The monoisotopic (exact) mass is 310 g/mol. The van der Waals surface area contributed by atoms with Gasteiger partial charge in [-0.1, -0.05) is 33.1 Å². The van der Waals surface area contributed by atoms with Crippen LogP contribution in [0.15, 0.2) is 4.99 Å². The first-order chi connectivity index (χ1) is 10.6. The van der Waals surface area contributed by atoms with Crippen LogP contribution < -0.4 is 5.32 Å². The Kier molecular flexibility index (Phi) is 8.94. The zero-order valence-corrected chi connectivity index (χ0v) is 14.9. The molecule has 1 saturated heterocycles. The van der Waals surface area contributed by atoms with Crippen molar-refractivity contribution >= 4 is 11.9 Å². The fourth-order valence-corrected chi connectivity index (χ4v) is 2.79. The topological polar surface area (TPSA) is 47.9 Å². The Balaban J connectivity index is 2.56. The molecule has 1 unspecified atom stereocenters. The molecular weight excluding hydrogens is 276 g/mol. The molecule has 1 heterocycles. The average molecular weight is 310 g/mol. The van der Waals surface area contributed by atoms with Crippen molar-refractivity contribution < 1.29 is 4.79 Å². The number of carbonyl (C=O) groups is 1. The van der Waals surface area contributed by atoms with Crippen LogP contribution in [0.1, 0.15) is 53.4 Å². The van der Waals surface area contributed by atoms with Crippen molar-refractivity contribution in [1.82, 2.24) is 15.1 Å². The van der Waals surface area contributed by atoms with Crippen molar-refractivity contribution in [2.24, 2.45) is 10.9 Å². The Bertz CT molecular complexity index is 349. The first kappa shape index (κ1) is 18.8. The molecule has 1 amide bonds. The van der Waals surface area contributed by atoms with Gasteiger partial charge >= 0.3 is 0 Å². The summed E-state index contributed by atoms with van der Waals surface area (Å²) in [5.74, 6) is 1.87. The lowest BCUT2D eigenvalue weighted by atomic mass is 10.00. The molecule has 5 heteroatoms. The largest absolute Gasteiger partial charge is 0.357 e. The fraction of sp³-hybridized carbons (Fsp3) is 0.882. The van der Waals surface area contributed by atoms with E-state index in [1.54, 1.807) is 6.92 Å². The highest BCUT2D eigenvalue weighted by Crippen LogP contribution is 2.13. The van der Waals surface area contributed by atoms with Crippen molar-refractivity contribution in [2.75, 3.05) is 39.3 Å². The average Bonchev–Trinajstić information content (AvgIpc) is 2.54. The maximum absolute atomic E-state index is 11.4. The van der Waals surface area contributed by atoms with E-state index in [0.717, 1.165) is 45.2 Å². The fourth-order valence-electron chi connectivity index (χ4n) is 2.79. The smallest absolute Gasteiger partial charge is 0.219 e. The van der Waals surface area contributed by atoms with E-state index in [9.17, 15) is 4.79 Å². The maximum Gasteiger partial charge on any atom is 0.219 e. The summed E-state index contributed by atoms with van der Waals surface area (Å²) in [5.41, 5.74) is 0. The summed E-state index contributed by atoms with van der Waals surface area (Å²) in [6.07, 6.45) is 5.02. The molecule has 0 saturated carbocycles. The van der Waals surface area contributed by atoms with E-state index >= 15 is 0 Å². The number of guanidine groups is 1. The van der Waals surface area contributed by atoms with E-state index in [-0.39, 0.29) is 5.91 Å². The van der Waals surface area contributed by atoms with Gasteiger partial charge in [0.15, 0.2) is 5.96 Å². The molecule has 128 valence electrons. The summed E-state index contributed by atoms with van der Waals surface area (Å²) in [7, 11) is 0. The van der Waals surface area contributed by atoms with Gasteiger partial charge in [-0.25, -0.2) is 0 Å². The quantitative estimate of drug-likeness (QED) is 0.580. The van der Waals surface area contributed by atoms with Crippen LogP contribution in [0, 0.1) is 5.92 Å². The van der Waals surface area contributed by atoms with Gasteiger partial charge in [0.2, 0.25) is 5.91 Å². The Morgan fingerprint density at radius 2 is 1.77 bits per heavy atom. The second-order valence-electron chi connectivity index (χ2n) is 6.10. The van der Waals surface area contributed by atoms with Crippen LogP contribution in [0.5, 0.6) is 0 Å². The SMILES string of the molecule is CCCCC(CC)CN=C(NCC)N1CCN(C(C)=O)CC1. The maximum atomic E-state index is 11.4. The van der Waals surface area contributed by atoms with Crippen LogP contribution in [-0.2, 0) is 4.79 Å². The van der Waals surface area contributed by atoms with Gasteiger partial charge in [-0.3, -0.25) is 9.79 Å². The molecule has 0 bridgehead atoms. The number of rotatable bonds is 7. The molecule has 1 aliphatic heterocycles. The van der Waals surface area contributed by atoms with Crippen LogP contribution in [0.2, 0.25) is 0 Å². The van der Waals surface area contributed by atoms with Crippen molar-refractivity contribution in [2.45, 2.75) is 53.4 Å². The van der Waals surface area contributed by atoms with Gasteiger partial charge in [0.25, 0.3) is 0 Å². The summed E-state index contributed by atoms with van der Waals surface area (Å²) in [6, 6.07) is 0. The summed E-state index contributed by atoms with van der Waals surface area (Å²) < 4.78 is 0. The lowest BCUT2D eigenvalue weighted by molar-refractivity contribution is -0.130. The summed E-state index contributed by atoms with van der Waals surface area (Å²) in [5, 5.41) is 3.40. The molecule has 1 aliphatic rings. The highest BCUT2D eigenvalue weighted by atomic mass is 16.2. The summed E-state index contributed by atoms with van der Waals surface area (Å²) in [6.45, 7) is 13.4. The molecule has 1 atom stereocenters. The van der Waals surface area contributed by atoms with Crippen LogP contribution >= 0.6 is 0 Å². The van der Waals surface area contributed by atoms with Crippen LogP contribution in [0.3, 0.4) is 0 Å². The third-order valence-electron chi connectivity index (χ3n) is 4.40. The normalized spacial score (nSPS) is 17.5. The van der Waals surface area contributed by atoms with E-state index in [0.29, 0.717) is 5.92 Å². The number of hydrogen-bond acceptors (Lipinski definition) is 2. The number of amides is 1. The molecule has 5 nitrogen and oxygen atoms in total. The lowest BCUT2D eigenvalue weighted by Crippen LogP contribution is -2.53. The number of piperazine rings is 1. The number of aliphatic imine (C=N–C) groups is 1.